The summed E-state index contributed by atoms with van der Waals surface area (Å²) < 4.78 is 33.8. The first-order valence-electron chi connectivity index (χ1n) is 8.78. The highest BCUT2D eigenvalue weighted by Crippen LogP contribution is 2.16. The van der Waals surface area contributed by atoms with Crippen molar-refractivity contribution in [3.63, 3.8) is 0 Å². The lowest BCUT2D eigenvalue weighted by Crippen LogP contribution is -2.23. The summed E-state index contributed by atoms with van der Waals surface area (Å²) in [7, 11) is -3.70. The highest BCUT2D eigenvalue weighted by molar-refractivity contribution is 7.89. The maximum atomic E-state index is 12.4. The number of nitrogens with zero attached hydrogens (tertiary/aromatic N) is 4. The van der Waals surface area contributed by atoms with Crippen molar-refractivity contribution in [2.24, 2.45) is 0 Å². The van der Waals surface area contributed by atoms with Gasteiger partial charge in [0.1, 0.15) is 12.1 Å². The van der Waals surface area contributed by atoms with Crippen LogP contribution in [0.4, 0.5) is 5.69 Å². The standard InChI is InChI=1S/C19H16N6O4S/c26-19(14-3-7-16(8-4-14)25-13-20-23-24-25)22-15-5-9-18(10-6-15)30(27,28)21-12-17-2-1-11-29-17/h1-11,13,21H,12H2,(H,22,26). The molecule has 0 radical (unpaired) electrons. The van der Waals surface area contributed by atoms with Crippen molar-refractivity contribution in [1.29, 1.82) is 0 Å². The first-order valence-corrected chi connectivity index (χ1v) is 10.3. The number of hydrogen-bond donors (Lipinski definition) is 2. The second-order valence-corrected chi connectivity index (χ2v) is 7.95. The number of rotatable bonds is 7. The monoisotopic (exact) mass is 424 g/mol. The molecule has 30 heavy (non-hydrogen) atoms. The Morgan fingerprint density at radius 3 is 2.43 bits per heavy atom. The van der Waals surface area contributed by atoms with E-state index in [4.69, 9.17) is 4.42 Å². The summed E-state index contributed by atoms with van der Waals surface area (Å²) in [5.74, 6) is 0.179. The number of carbonyl (C=O) groups is 1. The van der Waals surface area contributed by atoms with Crippen molar-refractivity contribution in [3.8, 4) is 5.69 Å². The quantitative estimate of drug-likeness (QED) is 0.464. The Balaban J connectivity index is 1.39. The van der Waals surface area contributed by atoms with Crippen molar-refractivity contribution in [3.05, 3.63) is 84.6 Å². The summed E-state index contributed by atoms with van der Waals surface area (Å²) in [4.78, 5) is 12.5. The third kappa shape index (κ3) is 4.42. The molecule has 2 aromatic heterocycles. The van der Waals surface area contributed by atoms with Gasteiger partial charge in [-0.15, -0.1) is 5.10 Å². The SMILES string of the molecule is O=C(Nc1ccc(S(=O)(=O)NCc2ccco2)cc1)c1ccc(-n2cnnn2)cc1. The molecule has 0 saturated carbocycles. The zero-order valence-electron chi connectivity index (χ0n) is 15.5. The van der Waals surface area contributed by atoms with Crippen LogP contribution in [-0.4, -0.2) is 34.5 Å². The fourth-order valence-electron chi connectivity index (χ4n) is 2.63. The number of amides is 1. The molecule has 4 aromatic rings. The molecule has 0 saturated heterocycles. The molecule has 152 valence electrons. The lowest BCUT2D eigenvalue weighted by Gasteiger charge is -2.08. The molecular formula is C19H16N6O4S. The van der Waals surface area contributed by atoms with Crippen LogP contribution in [0.25, 0.3) is 5.69 Å². The molecule has 0 aliphatic heterocycles. The van der Waals surface area contributed by atoms with E-state index in [1.807, 2.05) is 0 Å². The third-order valence-electron chi connectivity index (χ3n) is 4.18. The van der Waals surface area contributed by atoms with Crippen LogP contribution in [0.3, 0.4) is 0 Å². The van der Waals surface area contributed by atoms with Crippen molar-refractivity contribution < 1.29 is 17.6 Å². The van der Waals surface area contributed by atoms with Crippen LogP contribution >= 0.6 is 0 Å². The van der Waals surface area contributed by atoms with Gasteiger partial charge in [-0.3, -0.25) is 4.79 Å². The van der Waals surface area contributed by atoms with Crippen LogP contribution in [-0.2, 0) is 16.6 Å². The van der Waals surface area contributed by atoms with Gasteiger partial charge in [-0.25, -0.2) is 17.8 Å². The average molecular weight is 424 g/mol. The molecule has 1 amide bonds. The van der Waals surface area contributed by atoms with Gasteiger partial charge in [-0.05, 0) is 71.1 Å². The Labute approximate surface area is 171 Å². The normalized spacial score (nSPS) is 11.3. The Bertz CT molecular complexity index is 1220. The minimum atomic E-state index is -3.70. The molecule has 0 atom stereocenters. The molecule has 0 bridgehead atoms. The fraction of sp³-hybridized carbons (Fsp3) is 0.0526. The van der Waals surface area contributed by atoms with Crippen LogP contribution < -0.4 is 10.0 Å². The predicted octanol–water partition coefficient (Wildman–Crippen LogP) is 1.99. The molecule has 2 N–H and O–H groups in total. The van der Waals surface area contributed by atoms with E-state index in [2.05, 4.69) is 25.6 Å². The highest BCUT2D eigenvalue weighted by atomic mass is 32.2. The van der Waals surface area contributed by atoms with Gasteiger partial charge in [0.05, 0.1) is 23.4 Å². The first kappa shape index (κ1) is 19.5. The largest absolute Gasteiger partial charge is 0.468 e. The number of carbonyl (C=O) groups excluding carboxylic acids is 1. The van der Waals surface area contributed by atoms with Crippen LogP contribution in [0.1, 0.15) is 16.1 Å². The van der Waals surface area contributed by atoms with Gasteiger partial charge in [0, 0.05) is 11.3 Å². The zero-order valence-corrected chi connectivity index (χ0v) is 16.3. The van der Waals surface area contributed by atoms with Crippen LogP contribution in [0, 0.1) is 0 Å². The minimum absolute atomic E-state index is 0.0501. The summed E-state index contributed by atoms with van der Waals surface area (Å²) in [5, 5.41) is 13.6. The Morgan fingerprint density at radius 1 is 1.03 bits per heavy atom. The maximum absolute atomic E-state index is 12.4. The zero-order chi connectivity index (χ0) is 21.0. The van der Waals surface area contributed by atoms with Gasteiger partial charge in [0.15, 0.2) is 0 Å². The van der Waals surface area contributed by atoms with Gasteiger partial charge in [0.2, 0.25) is 10.0 Å². The summed E-state index contributed by atoms with van der Waals surface area (Å²) in [6, 6.07) is 16.0. The Hall–Kier alpha value is -3.83. The van der Waals surface area contributed by atoms with Crippen LogP contribution in [0.2, 0.25) is 0 Å². The molecule has 0 aliphatic rings. The van der Waals surface area contributed by atoms with Crippen molar-refractivity contribution in [2.75, 3.05) is 5.32 Å². The summed E-state index contributed by atoms with van der Waals surface area (Å²) in [6.07, 6.45) is 2.93. The van der Waals surface area contributed by atoms with E-state index < -0.39 is 10.0 Å². The molecule has 10 nitrogen and oxygen atoms in total. The molecule has 11 heteroatoms. The lowest BCUT2D eigenvalue weighted by molar-refractivity contribution is 0.102. The van der Waals surface area contributed by atoms with E-state index in [-0.39, 0.29) is 17.3 Å². The van der Waals surface area contributed by atoms with E-state index in [9.17, 15) is 13.2 Å². The van der Waals surface area contributed by atoms with Gasteiger partial charge in [-0.1, -0.05) is 0 Å². The summed E-state index contributed by atoms with van der Waals surface area (Å²) in [6.45, 7) is 0.0501. The number of nitrogens with one attached hydrogen (secondary N) is 2. The fourth-order valence-corrected chi connectivity index (χ4v) is 3.62. The number of tetrazole rings is 1. The number of furan rings is 1. The topological polar surface area (TPSA) is 132 Å². The Morgan fingerprint density at radius 2 is 1.80 bits per heavy atom. The average Bonchev–Trinajstić information content (AvgIpc) is 3.47. The molecule has 0 unspecified atom stereocenters. The first-order chi connectivity index (χ1) is 14.5. The smallest absolute Gasteiger partial charge is 0.255 e. The molecule has 2 heterocycles. The number of hydrogen-bond acceptors (Lipinski definition) is 7. The van der Waals surface area contributed by atoms with E-state index in [0.717, 1.165) is 0 Å². The second-order valence-electron chi connectivity index (χ2n) is 6.18. The number of benzene rings is 2. The van der Waals surface area contributed by atoms with E-state index in [1.165, 1.54) is 41.5 Å². The molecule has 0 aliphatic carbocycles. The van der Waals surface area contributed by atoms with E-state index in [1.54, 1.807) is 36.4 Å². The van der Waals surface area contributed by atoms with Crippen molar-refractivity contribution >= 4 is 21.6 Å². The van der Waals surface area contributed by atoms with Gasteiger partial charge in [0.25, 0.3) is 5.91 Å². The Kier molecular flexibility index (Phi) is 5.37. The summed E-state index contributed by atoms with van der Waals surface area (Å²) >= 11 is 0. The van der Waals surface area contributed by atoms with Gasteiger partial charge >= 0.3 is 0 Å². The minimum Gasteiger partial charge on any atom is -0.468 e. The van der Waals surface area contributed by atoms with Gasteiger partial charge in [-0.2, -0.15) is 0 Å². The molecule has 0 spiro atoms. The van der Waals surface area contributed by atoms with Crippen molar-refractivity contribution in [2.45, 2.75) is 11.4 Å². The number of sulfonamides is 1. The van der Waals surface area contributed by atoms with Gasteiger partial charge < -0.3 is 9.73 Å². The maximum Gasteiger partial charge on any atom is 0.255 e. The van der Waals surface area contributed by atoms with E-state index >= 15 is 0 Å². The third-order valence-corrected chi connectivity index (χ3v) is 5.60. The molecule has 0 fully saturated rings. The van der Waals surface area contributed by atoms with Crippen LogP contribution in [0.15, 0.2) is 82.6 Å². The second kappa shape index (κ2) is 8.27. The predicted molar refractivity (Wildman–Crippen MR) is 106 cm³/mol. The molecule has 4 rings (SSSR count). The molecule has 2 aromatic carbocycles. The molecular weight excluding hydrogens is 408 g/mol. The van der Waals surface area contributed by atoms with Crippen molar-refractivity contribution in [1.82, 2.24) is 24.9 Å². The van der Waals surface area contributed by atoms with E-state index in [0.29, 0.717) is 22.7 Å². The summed E-state index contributed by atoms with van der Waals surface area (Å²) in [5.41, 5.74) is 1.62. The number of anilines is 1. The number of aromatic nitrogens is 4. The highest BCUT2D eigenvalue weighted by Gasteiger charge is 2.15. The lowest BCUT2D eigenvalue weighted by atomic mass is 10.2. The van der Waals surface area contributed by atoms with Crippen LogP contribution in [0.5, 0.6) is 0 Å².